The molecule has 2 aromatic carbocycles. The second kappa shape index (κ2) is 11.9. The Morgan fingerprint density at radius 3 is 2.40 bits per heavy atom. The second-order valence-electron chi connectivity index (χ2n) is 6.31. The van der Waals surface area contributed by atoms with Crippen LogP contribution < -0.4 is 11.1 Å². The van der Waals surface area contributed by atoms with Crippen molar-refractivity contribution in [2.45, 2.75) is 18.7 Å². The van der Waals surface area contributed by atoms with E-state index in [1.807, 2.05) is 19.9 Å². The van der Waals surface area contributed by atoms with E-state index in [1.165, 1.54) is 19.4 Å². The van der Waals surface area contributed by atoms with Gasteiger partial charge < -0.3 is 15.8 Å². The van der Waals surface area contributed by atoms with E-state index in [4.69, 9.17) is 10.5 Å². The maximum Gasteiger partial charge on any atom is 0.159 e. The van der Waals surface area contributed by atoms with Gasteiger partial charge in [-0.2, -0.15) is 0 Å². The predicted molar refractivity (Wildman–Crippen MR) is 120 cm³/mol. The lowest BCUT2D eigenvalue weighted by Gasteiger charge is -2.06. The van der Waals surface area contributed by atoms with Gasteiger partial charge in [-0.05, 0) is 48.7 Å². The Morgan fingerprint density at radius 1 is 1.20 bits per heavy atom. The van der Waals surface area contributed by atoms with Crippen molar-refractivity contribution in [3.8, 4) is 0 Å². The van der Waals surface area contributed by atoms with Crippen LogP contribution in [0, 0.1) is 25.5 Å². The van der Waals surface area contributed by atoms with E-state index < -0.39 is 22.4 Å². The molecule has 0 saturated carbocycles. The first-order valence-corrected chi connectivity index (χ1v) is 10.5. The third-order valence-corrected chi connectivity index (χ3v) is 5.03. The molecular weight excluding hydrogens is 408 g/mol. The molecule has 0 heterocycles. The lowest BCUT2D eigenvalue weighted by Crippen LogP contribution is -1.99. The Kier molecular flexibility index (Phi) is 9.91. The summed E-state index contributed by atoms with van der Waals surface area (Å²) < 4.78 is 41.9. The maximum absolute atomic E-state index is 12.9. The summed E-state index contributed by atoms with van der Waals surface area (Å²) >= 11 is 0. The van der Waals surface area contributed by atoms with E-state index in [0.29, 0.717) is 22.7 Å². The standard InChI is InChI=1S/C13H14F2N2O.C9H13NOS/c1-9(13(18-3)8-16-2)17-7-10-4-5-11(14)12(15)6-10;1-6-4-7(2)9(12(3)11)5-8(6)10/h4-8,16H,1H2,2-3H3;4-5H,10H2,1-3H3/b13-8+,17-7?;. The van der Waals surface area contributed by atoms with E-state index in [1.54, 1.807) is 25.6 Å². The number of anilines is 1. The number of hydrogen-bond acceptors (Lipinski definition) is 5. The number of aryl methyl sites for hydroxylation is 2. The number of ether oxygens (including phenoxy) is 1. The molecule has 0 aliphatic carbocycles. The molecule has 2 aromatic rings. The van der Waals surface area contributed by atoms with E-state index in [9.17, 15) is 13.0 Å². The molecule has 0 aromatic heterocycles. The Morgan fingerprint density at radius 2 is 1.87 bits per heavy atom. The molecule has 0 radical (unpaired) electrons. The highest BCUT2D eigenvalue weighted by molar-refractivity contribution is 7.84. The average molecular weight is 436 g/mol. The monoisotopic (exact) mass is 435 g/mol. The molecular formula is C22H27F2N3O2S. The first kappa shape index (κ1) is 25.0. The fourth-order valence-corrected chi connectivity index (χ4v) is 3.16. The van der Waals surface area contributed by atoms with E-state index in [-0.39, 0.29) is 0 Å². The van der Waals surface area contributed by atoms with Crippen LogP contribution in [0.1, 0.15) is 16.7 Å². The highest BCUT2D eigenvalue weighted by atomic mass is 32.2. The van der Waals surface area contributed by atoms with Crippen LogP contribution in [0.3, 0.4) is 0 Å². The van der Waals surface area contributed by atoms with Crippen molar-refractivity contribution in [3.05, 3.63) is 82.9 Å². The molecule has 1 unspecified atom stereocenters. The molecule has 0 aliphatic heterocycles. The van der Waals surface area contributed by atoms with Crippen molar-refractivity contribution >= 4 is 22.7 Å². The van der Waals surface area contributed by atoms with Crippen molar-refractivity contribution < 1.29 is 17.7 Å². The normalized spacial score (nSPS) is 12.2. The third-order valence-electron chi connectivity index (χ3n) is 3.97. The Hall–Kier alpha value is -3.00. The lowest BCUT2D eigenvalue weighted by molar-refractivity contribution is 0.298. The van der Waals surface area contributed by atoms with Crippen LogP contribution in [0.4, 0.5) is 14.5 Å². The first-order valence-electron chi connectivity index (χ1n) is 8.90. The largest absolute Gasteiger partial charge is 0.493 e. The number of halogens is 2. The van der Waals surface area contributed by atoms with Crippen LogP contribution in [-0.4, -0.2) is 30.8 Å². The summed E-state index contributed by atoms with van der Waals surface area (Å²) in [6.45, 7) is 7.60. The van der Waals surface area contributed by atoms with E-state index >= 15 is 0 Å². The first-order chi connectivity index (χ1) is 14.1. The Labute approximate surface area is 178 Å². The number of hydrogen-bond donors (Lipinski definition) is 2. The van der Waals surface area contributed by atoms with E-state index in [2.05, 4.69) is 16.9 Å². The number of nitrogens with one attached hydrogen (secondary N) is 1. The molecule has 0 saturated heterocycles. The van der Waals surface area contributed by atoms with Gasteiger partial charge in [-0.15, -0.1) is 0 Å². The SMILES string of the molecule is C=C(N=Cc1ccc(F)c(F)c1)/C(=C\NC)OC.Cc1cc(C)c(S(C)=O)cc1N. The molecule has 0 amide bonds. The number of aliphatic imine (C=N–C) groups is 1. The topological polar surface area (TPSA) is 76.7 Å². The highest BCUT2D eigenvalue weighted by Gasteiger charge is 2.05. The highest BCUT2D eigenvalue weighted by Crippen LogP contribution is 2.19. The lowest BCUT2D eigenvalue weighted by atomic mass is 10.1. The number of rotatable bonds is 6. The summed E-state index contributed by atoms with van der Waals surface area (Å²) in [6.07, 6.45) is 4.63. The van der Waals surface area contributed by atoms with Crippen molar-refractivity contribution in [2.24, 2.45) is 4.99 Å². The van der Waals surface area contributed by atoms with Crippen LogP contribution in [0.2, 0.25) is 0 Å². The minimum absolute atomic E-state index is 0.372. The number of nitrogens with two attached hydrogens (primary N) is 1. The van der Waals surface area contributed by atoms with Gasteiger partial charge in [0.05, 0.1) is 23.6 Å². The van der Waals surface area contributed by atoms with Gasteiger partial charge in [0.15, 0.2) is 17.4 Å². The van der Waals surface area contributed by atoms with Gasteiger partial charge in [0.1, 0.15) is 0 Å². The zero-order chi connectivity index (χ0) is 22.8. The van der Waals surface area contributed by atoms with Gasteiger partial charge in [0.2, 0.25) is 0 Å². The molecule has 8 heteroatoms. The smallest absolute Gasteiger partial charge is 0.159 e. The van der Waals surface area contributed by atoms with Crippen molar-refractivity contribution in [1.29, 1.82) is 0 Å². The zero-order valence-electron chi connectivity index (χ0n) is 17.8. The predicted octanol–water partition coefficient (Wildman–Crippen LogP) is 4.23. The second-order valence-corrected chi connectivity index (χ2v) is 7.66. The van der Waals surface area contributed by atoms with E-state index in [0.717, 1.165) is 28.2 Å². The van der Waals surface area contributed by atoms with Crippen molar-refractivity contribution in [3.63, 3.8) is 0 Å². The number of nitrogens with zero attached hydrogens (tertiary/aromatic N) is 1. The van der Waals surface area contributed by atoms with Gasteiger partial charge in [-0.25, -0.2) is 8.78 Å². The van der Waals surface area contributed by atoms with Crippen LogP contribution >= 0.6 is 0 Å². The quantitative estimate of drug-likeness (QED) is 0.308. The molecule has 30 heavy (non-hydrogen) atoms. The summed E-state index contributed by atoms with van der Waals surface area (Å²) in [6, 6.07) is 7.27. The third kappa shape index (κ3) is 7.44. The summed E-state index contributed by atoms with van der Waals surface area (Å²) in [4.78, 5) is 4.84. The Bertz CT molecular complexity index is 989. The van der Waals surface area contributed by atoms with Crippen LogP contribution in [0.5, 0.6) is 0 Å². The fourth-order valence-electron chi connectivity index (χ4n) is 2.36. The number of methoxy groups -OCH3 is 1. The molecule has 3 N–H and O–H groups in total. The maximum atomic E-state index is 12.9. The van der Waals surface area contributed by atoms with Crippen LogP contribution in [0.15, 0.2) is 64.5 Å². The molecule has 1 atom stereocenters. The summed E-state index contributed by atoms with van der Waals surface area (Å²) in [5.41, 5.74) is 9.31. The van der Waals surface area contributed by atoms with Gasteiger partial charge in [0, 0.05) is 36.3 Å². The van der Waals surface area contributed by atoms with Crippen molar-refractivity contribution in [1.82, 2.24) is 5.32 Å². The van der Waals surface area contributed by atoms with Crippen molar-refractivity contribution in [2.75, 3.05) is 26.1 Å². The zero-order valence-corrected chi connectivity index (χ0v) is 18.6. The molecule has 2 rings (SSSR count). The van der Waals surface area contributed by atoms with Gasteiger partial charge in [-0.3, -0.25) is 9.20 Å². The average Bonchev–Trinajstić information content (AvgIpc) is 2.69. The Balaban J connectivity index is 0.000000325. The molecule has 162 valence electrons. The molecule has 0 fully saturated rings. The summed E-state index contributed by atoms with van der Waals surface area (Å²) in [7, 11) is 2.26. The molecule has 5 nitrogen and oxygen atoms in total. The van der Waals surface area contributed by atoms with Gasteiger partial charge in [0.25, 0.3) is 0 Å². The summed E-state index contributed by atoms with van der Waals surface area (Å²) in [5.74, 6) is -1.35. The van der Waals surface area contributed by atoms with Gasteiger partial charge in [-0.1, -0.05) is 18.7 Å². The van der Waals surface area contributed by atoms with Crippen LogP contribution in [-0.2, 0) is 15.5 Å². The molecule has 0 aliphatic rings. The van der Waals surface area contributed by atoms with Crippen LogP contribution in [0.25, 0.3) is 0 Å². The minimum atomic E-state index is -0.939. The van der Waals surface area contributed by atoms with Gasteiger partial charge >= 0.3 is 0 Å². The molecule has 0 bridgehead atoms. The minimum Gasteiger partial charge on any atom is -0.493 e. The summed E-state index contributed by atoms with van der Waals surface area (Å²) in [5, 5.41) is 2.78. The number of benzene rings is 2. The number of nitrogen functional groups attached to an aromatic ring is 1. The fraction of sp³-hybridized carbons (Fsp3) is 0.227. The molecule has 0 spiro atoms.